The molecule has 2 N–H and O–H groups in total. The predicted molar refractivity (Wildman–Crippen MR) is 143 cm³/mol. The highest BCUT2D eigenvalue weighted by atomic mass is 35.5. The van der Waals surface area contributed by atoms with Crippen molar-refractivity contribution in [2.24, 2.45) is 5.92 Å². The largest absolute Gasteiger partial charge is 0.383 e. The van der Waals surface area contributed by atoms with Crippen LogP contribution in [-0.2, 0) is 15.9 Å². The van der Waals surface area contributed by atoms with Crippen LogP contribution in [0.25, 0.3) is 11.3 Å². The van der Waals surface area contributed by atoms with E-state index in [9.17, 15) is 0 Å². The van der Waals surface area contributed by atoms with Crippen molar-refractivity contribution in [2.45, 2.75) is 76.5 Å². The zero-order chi connectivity index (χ0) is 24.6. The average Bonchev–Trinajstić information content (AvgIpc) is 2.87. The molecule has 2 aromatic heterocycles. The third-order valence-electron chi connectivity index (χ3n) is 7.08. The SMILES string of the molecule is COC[C@@H](C)NC1CCC(Cc2cc(-c3nc(NC[C@H]4CCCCO4)ccc3Cl)c(Cl)cn2)CC1. The zero-order valence-electron chi connectivity index (χ0n) is 20.9. The van der Waals surface area contributed by atoms with Crippen LogP contribution in [0, 0.1) is 5.92 Å². The Morgan fingerprint density at radius 3 is 2.69 bits per heavy atom. The quantitative estimate of drug-likeness (QED) is 0.391. The van der Waals surface area contributed by atoms with Gasteiger partial charge in [0.15, 0.2) is 0 Å². The summed E-state index contributed by atoms with van der Waals surface area (Å²) < 4.78 is 11.1. The summed E-state index contributed by atoms with van der Waals surface area (Å²) in [7, 11) is 1.75. The zero-order valence-corrected chi connectivity index (χ0v) is 22.4. The first-order valence-corrected chi connectivity index (χ1v) is 13.7. The summed E-state index contributed by atoms with van der Waals surface area (Å²) >= 11 is 13.1. The Balaban J connectivity index is 1.38. The fourth-order valence-electron chi connectivity index (χ4n) is 5.22. The van der Waals surface area contributed by atoms with Gasteiger partial charge in [0, 0.05) is 49.8 Å². The minimum atomic E-state index is 0.231. The van der Waals surface area contributed by atoms with Gasteiger partial charge in [-0.15, -0.1) is 0 Å². The number of anilines is 1. The Morgan fingerprint density at radius 1 is 1.11 bits per heavy atom. The maximum atomic E-state index is 6.57. The number of hydrogen-bond acceptors (Lipinski definition) is 6. The number of aromatic nitrogens is 2. The minimum Gasteiger partial charge on any atom is -0.383 e. The highest BCUT2D eigenvalue weighted by Gasteiger charge is 2.23. The minimum absolute atomic E-state index is 0.231. The molecule has 0 amide bonds. The number of ether oxygens (including phenoxy) is 2. The normalized spacial score (nSPS) is 23.7. The van der Waals surface area contributed by atoms with Crippen LogP contribution >= 0.6 is 23.2 Å². The van der Waals surface area contributed by atoms with Crippen LogP contribution in [0.1, 0.15) is 57.6 Å². The predicted octanol–water partition coefficient (Wildman–Crippen LogP) is 6.16. The molecule has 1 aliphatic heterocycles. The van der Waals surface area contributed by atoms with E-state index in [0.717, 1.165) is 56.1 Å². The summed E-state index contributed by atoms with van der Waals surface area (Å²) in [5, 5.41) is 8.25. The maximum absolute atomic E-state index is 6.57. The molecule has 1 aliphatic carbocycles. The monoisotopic (exact) mass is 520 g/mol. The summed E-state index contributed by atoms with van der Waals surface area (Å²) in [5.74, 6) is 1.40. The van der Waals surface area contributed by atoms with Gasteiger partial charge in [0.25, 0.3) is 0 Å². The Hall–Kier alpha value is -1.44. The molecule has 6 nitrogen and oxygen atoms in total. The fourth-order valence-corrected chi connectivity index (χ4v) is 5.62. The lowest BCUT2D eigenvalue weighted by Crippen LogP contribution is -2.41. The first-order chi connectivity index (χ1) is 17.0. The molecule has 35 heavy (non-hydrogen) atoms. The highest BCUT2D eigenvalue weighted by Crippen LogP contribution is 2.34. The van der Waals surface area contributed by atoms with Gasteiger partial charge < -0.3 is 20.1 Å². The lowest BCUT2D eigenvalue weighted by atomic mass is 9.83. The van der Waals surface area contributed by atoms with Crippen molar-refractivity contribution in [3.8, 4) is 11.3 Å². The van der Waals surface area contributed by atoms with Gasteiger partial charge in [-0.25, -0.2) is 4.98 Å². The summed E-state index contributed by atoms with van der Waals surface area (Å²) in [6.45, 7) is 4.51. The van der Waals surface area contributed by atoms with Crippen LogP contribution < -0.4 is 10.6 Å². The van der Waals surface area contributed by atoms with Crippen LogP contribution in [0.5, 0.6) is 0 Å². The molecule has 0 spiro atoms. The standard InChI is InChI=1S/C27H38Cl2N4O2/c1-18(17-34-2)32-20-8-6-19(7-9-20)13-21-14-23(25(29)16-30-21)27-24(28)10-11-26(33-27)31-15-22-5-3-4-12-35-22/h10-11,14,16,18-20,22,32H,3-9,12-13,15,17H2,1-2H3,(H,31,33)/t18-,19?,20?,22-/m1/s1. The summed E-state index contributed by atoms with van der Waals surface area (Å²) in [6, 6.07) is 6.81. The molecule has 1 saturated carbocycles. The van der Waals surface area contributed by atoms with E-state index < -0.39 is 0 Å². The Bertz CT molecular complexity index is 947. The lowest BCUT2D eigenvalue weighted by Gasteiger charge is -2.31. The van der Waals surface area contributed by atoms with Crippen molar-refractivity contribution >= 4 is 29.0 Å². The second kappa shape index (κ2) is 13.2. The van der Waals surface area contributed by atoms with Gasteiger partial charge in [-0.2, -0.15) is 0 Å². The van der Waals surface area contributed by atoms with E-state index in [1.54, 1.807) is 13.3 Å². The van der Waals surface area contributed by atoms with Crippen LogP contribution in [0.15, 0.2) is 24.4 Å². The Labute approximate surface area is 219 Å². The molecule has 8 heteroatoms. The van der Waals surface area contributed by atoms with Crippen LogP contribution in [0.3, 0.4) is 0 Å². The number of nitrogens with zero attached hydrogens (tertiary/aromatic N) is 2. The van der Waals surface area contributed by atoms with Crippen molar-refractivity contribution in [3.05, 3.63) is 40.1 Å². The third kappa shape index (κ3) is 7.77. The van der Waals surface area contributed by atoms with Gasteiger partial charge in [-0.05, 0) is 82.4 Å². The molecular formula is C27H38Cl2N4O2. The number of nitrogens with one attached hydrogen (secondary N) is 2. The molecule has 3 heterocycles. The smallest absolute Gasteiger partial charge is 0.126 e. The molecule has 2 fully saturated rings. The van der Waals surface area contributed by atoms with Crippen molar-refractivity contribution in [1.29, 1.82) is 0 Å². The molecule has 2 aliphatic rings. The van der Waals surface area contributed by atoms with Crippen molar-refractivity contribution < 1.29 is 9.47 Å². The molecule has 2 atom stereocenters. The first-order valence-electron chi connectivity index (χ1n) is 12.9. The van der Waals surface area contributed by atoms with Gasteiger partial charge in [-0.3, -0.25) is 4.98 Å². The van der Waals surface area contributed by atoms with Crippen molar-refractivity contribution in [1.82, 2.24) is 15.3 Å². The maximum Gasteiger partial charge on any atom is 0.126 e. The van der Waals surface area contributed by atoms with Crippen LogP contribution in [-0.4, -0.2) is 55.0 Å². The second-order valence-electron chi connectivity index (χ2n) is 10.00. The molecule has 4 rings (SSSR count). The average molecular weight is 522 g/mol. The van der Waals surface area contributed by atoms with Gasteiger partial charge in [-0.1, -0.05) is 23.2 Å². The molecule has 192 valence electrons. The fraction of sp³-hybridized carbons (Fsp3) is 0.630. The van der Waals surface area contributed by atoms with Gasteiger partial charge in [0.2, 0.25) is 0 Å². The summed E-state index contributed by atoms with van der Waals surface area (Å²) in [6.07, 6.45) is 11.1. The first kappa shape index (κ1) is 26.6. The number of hydrogen-bond donors (Lipinski definition) is 2. The second-order valence-corrected chi connectivity index (χ2v) is 10.8. The lowest BCUT2D eigenvalue weighted by molar-refractivity contribution is 0.0247. The van der Waals surface area contributed by atoms with E-state index in [1.165, 1.54) is 32.1 Å². The van der Waals surface area contributed by atoms with E-state index >= 15 is 0 Å². The van der Waals surface area contributed by atoms with E-state index in [2.05, 4.69) is 28.6 Å². The summed E-state index contributed by atoms with van der Waals surface area (Å²) in [5.41, 5.74) is 2.57. The van der Waals surface area contributed by atoms with E-state index in [4.69, 9.17) is 37.7 Å². The molecule has 0 radical (unpaired) electrons. The molecule has 1 saturated heterocycles. The molecule has 2 aromatic rings. The van der Waals surface area contributed by atoms with Crippen molar-refractivity contribution in [3.63, 3.8) is 0 Å². The topological polar surface area (TPSA) is 68.3 Å². The van der Waals surface area contributed by atoms with Gasteiger partial charge in [0.1, 0.15) is 5.82 Å². The Morgan fingerprint density at radius 2 is 1.94 bits per heavy atom. The summed E-state index contributed by atoms with van der Waals surface area (Å²) in [4.78, 5) is 9.43. The number of methoxy groups -OCH3 is 1. The van der Waals surface area contributed by atoms with Crippen LogP contribution in [0.2, 0.25) is 10.0 Å². The van der Waals surface area contributed by atoms with E-state index in [0.29, 0.717) is 33.7 Å². The van der Waals surface area contributed by atoms with Crippen LogP contribution in [0.4, 0.5) is 5.82 Å². The molecule has 0 unspecified atom stereocenters. The molecule has 0 bridgehead atoms. The van der Waals surface area contributed by atoms with Gasteiger partial charge in [0.05, 0.1) is 28.5 Å². The molecular weight excluding hydrogens is 483 g/mol. The van der Waals surface area contributed by atoms with E-state index in [-0.39, 0.29) is 6.10 Å². The molecule has 0 aromatic carbocycles. The van der Waals surface area contributed by atoms with E-state index in [1.807, 2.05) is 12.1 Å². The number of rotatable bonds is 10. The highest BCUT2D eigenvalue weighted by molar-refractivity contribution is 6.36. The van der Waals surface area contributed by atoms with Gasteiger partial charge >= 0.3 is 0 Å². The third-order valence-corrected chi connectivity index (χ3v) is 7.69. The Kier molecular flexibility index (Phi) is 10.0. The number of pyridine rings is 2. The number of halogens is 2. The van der Waals surface area contributed by atoms with Crippen molar-refractivity contribution in [2.75, 3.05) is 32.2 Å².